The van der Waals surface area contributed by atoms with E-state index in [4.69, 9.17) is 16.7 Å². The number of carbonyl (C=O) groups is 2. The molecule has 0 aromatic heterocycles. The van der Waals surface area contributed by atoms with Crippen molar-refractivity contribution in [2.24, 2.45) is 0 Å². The molecular formula is C13H14ClNO3. The number of amides is 1. The summed E-state index contributed by atoms with van der Waals surface area (Å²) >= 11 is 5.81. The number of hydrogen-bond donors (Lipinski definition) is 2. The van der Waals surface area contributed by atoms with E-state index in [0.717, 1.165) is 18.4 Å². The molecule has 0 heterocycles. The number of halogens is 1. The molecule has 1 atom stereocenters. The molecule has 0 unspecified atom stereocenters. The highest BCUT2D eigenvalue weighted by Crippen LogP contribution is 2.48. The van der Waals surface area contributed by atoms with Crippen molar-refractivity contribution in [3.63, 3.8) is 0 Å². The number of benzene rings is 1. The van der Waals surface area contributed by atoms with Crippen LogP contribution in [0.5, 0.6) is 0 Å². The molecule has 0 saturated heterocycles. The summed E-state index contributed by atoms with van der Waals surface area (Å²) < 4.78 is 0. The van der Waals surface area contributed by atoms with Crippen LogP contribution >= 0.6 is 11.6 Å². The van der Waals surface area contributed by atoms with E-state index in [1.807, 2.05) is 12.1 Å². The maximum Gasteiger partial charge on any atom is 0.325 e. The Morgan fingerprint density at radius 3 is 2.33 bits per heavy atom. The lowest BCUT2D eigenvalue weighted by atomic mass is 9.95. The van der Waals surface area contributed by atoms with Gasteiger partial charge in [0.1, 0.15) is 6.04 Å². The third kappa shape index (κ3) is 2.34. The lowest BCUT2D eigenvalue weighted by Crippen LogP contribution is -2.43. The average molecular weight is 268 g/mol. The lowest BCUT2D eigenvalue weighted by molar-refractivity contribution is -0.141. The first-order chi connectivity index (χ1) is 8.45. The molecule has 0 spiro atoms. The van der Waals surface area contributed by atoms with Crippen LogP contribution in [0.4, 0.5) is 0 Å². The topological polar surface area (TPSA) is 66.4 Å². The van der Waals surface area contributed by atoms with Crippen LogP contribution in [-0.2, 0) is 15.0 Å². The van der Waals surface area contributed by atoms with Crippen molar-refractivity contribution in [1.29, 1.82) is 0 Å². The molecule has 1 fully saturated rings. The summed E-state index contributed by atoms with van der Waals surface area (Å²) in [5.74, 6) is -1.25. The van der Waals surface area contributed by atoms with E-state index in [2.05, 4.69) is 5.32 Å². The number of hydrogen-bond acceptors (Lipinski definition) is 2. The Kier molecular flexibility index (Phi) is 3.30. The van der Waals surface area contributed by atoms with Gasteiger partial charge in [0.05, 0.1) is 5.41 Å². The number of nitrogens with one attached hydrogen (secondary N) is 1. The second-order valence-corrected chi connectivity index (χ2v) is 5.06. The van der Waals surface area contributed by atoms with Gasteiger partial charge in [0.15, 0.2) is 0 Å². The Morgan fingerprint density at radius 1 is 1.33 bits per heavy atom. The van der Waals surface area contributed by atoms with Crippen molar-refractivity contribution >= 4 is 23.5 Å². The van der Waals surface area contributed by atoms with E-state index in [1.54, 1.807) is 12.1 Å². The van der Waals surface area contributed by atoms with Gasteiger partial charge in [-0.3, -0.25) is 9.59 Å². The van der Waals surface area contributed by atoms with E-state index in [9.17, 15) is 9.59 Å². The average Bonchev–Trinajstić information content (AvgIpc) is 3.11. The van der Waals surface area contributed by atoms with E-state index in [-0.39, 0.29) is 5.91 Å². The predicted molar refractivity (Wildman–Crippen MR) is 67.6 cm³/mol. The molecule has 1 aromatic rings. The summed E-state index contributed by atoms with van der Waals surface area (Å²) in [6.45, 7) is 1.46. The molecular weight excluding hydrogens is 254 g/mol. The van der Waals surface area contributed by atoms with Gasteiger partial charge in [-0.05, 0) is 37.5 Å². The van der Waals surface area contributed by atoms with E-state index in [1.165, 1.54) is 6.92 Å². The van der Waals surface area contributed by atoms with Gasteiger partial charge in [0, 0.05) is 5.02 Å². The van der Waals surface area contributed by atoms with Crippen LogP contribution in [0.2, 0.25) is 5.02 Å². The predicted octanol–water partition coefficient (Wildman–Crippen LogP) is 1.96. The van der Waals surface area contributed by atoms with Gasteiger partial charge < -0.3 is 10.4 Å². The van der Waals surface area contributed by atoms with E-state index < -0.39 is 17.4 Å². The third-order valence-corrected chi connectivity index (χ3v) is 3.55. The Balaban J connectivity index is 2.14. The van der Waals surface area contributed by atoms with Crippen LogP contribution in [0.15, 0.2) is 24.3 Å². The van der Waals surface area contributed by atoms with Gasteiger partial charge in [-0.15, -0.1) is 0 Å². The first-order valence-electron chi connectivity index (χ1n) is 5.75. The third-order valence-electron chi connectivity index (χ3n) is 3.30. The monoisotopic (exact) mass is 267 g/mol. The fourth-order valence-corrected chi connectivity index (χ4v) is 2.06. The summed E-state index contributed by atoms with van der Waals surface area (Å²) in [4.78, 5) is 22.9. The Hall–Kier alpha value is -1.55. The first kappa shape index (κ1) is 12.9. The van der Waals surface area contributed by atoms with Gasteiger partial charge >= 0.3 is 5.97 Å². The number of carboxylic acids is 1. The van der Waals surface area contributed by atoms with Gasteiger partial charge in [-0.25, -0.2) is 0 Å². The molecule has 96 valence electrons. The van der Waals surface area contributed by atoms with Crippen LogP contribution in [0.25, 0.3) is 0 Å². The Labute approximate surface area is 110 Å². The van der Waals surface area contributed by atoms with Crippen molar-refractivity contribution in [3.05, 3.63) is 34.9 Å². The molecule has 0 aliphatic heterocycles. The highest BCUT2D eigenvalue weighted by Gasteiger charge is 2.51. The molecule has 0 bridgehead atoms. The van der Waals surface area contributed by atoms with Crippen molar-refractivity contribution in [2.45, 2.75) is 31.2 Å². The van der Waals surface area contributed by atoms with Gasteiger partial charge in [-0.2, -0.15) is 0 Å². The quantitative estimate of drug-likeness (QED) is 0.876. The molecule has 2 rings (SSSR count). The molecule has 4 nitrogen and oxygen atoms in total. The minimum Gasteiger partial charge on any atom is -0.480 e. The summed E-state index contributed by atoms with van der Waals surface area (Å²) in [6.07, 6.45) is 1.49. The minimum atomic E-state index is -1.03. The van der Waals surface area contributed by atoms with Crippen molar-refractivity contribution < 1.29 is 14.7 Å². The second kappa shape index (κ2) is 4.61. The minimum absolute atomic E-state index is 0.222. The smallest absolute Gasteiger partial charge is 0.325 e. The van der Waals surface area contributed by atoms with Gasteiger partial charge in [-0.1, -0.05) is 23.7 Å². The highest BCUT2D eigenvalue weighted by atomic mass is 35.5. The highest BCUT2D eigenvalue weighted by molar-refractivity contribution is 6.30. The van der Waals surface area contributed by atoms with Crippen LogP contribution in [0.1, 0.15) is 25.3 Å². The molecule has 1 amide bonds. The van der Waals surface area contributed by atoms with E-state index in [0.29, 0.717) is 5.02 Å². The van der Waals surface area contributed by atoms with Crippen molar-refractivity contribution in [3.8, 4) is 0 Å². The summed E-state index contributed by atoms with van der Waals surface area (Å²) in [6, 6.07) is 6.25. The standard InChI is InChI=1S/C13H14ClNO3/c1-8(11(16)17)15-12(18)13(6-7-13)9-2-4-10(14)5-3-9/h2-5,8H,6-7H2,1H3,(H,15,18)(H,16,17)/t8-/m0/s1. The molecule has 2 N–H and O–H groups in total. The molecule has 1 aromatic carbocycles. The normalized spacial score (nSPS) is 17.9. The van der Waals surface area contributed by atoms with Crippen LogP contribution in [0, 0.1) is 0 Å². The molecule has 5 heteroatoms. The van der Waals surface area contributed by atoms with Crippen LogP contribution in [-0.4, -0.2) is 23.0 Å². The zero-order chi connectivity index (χ0) is 13.3. The van der Waals surface area contributed by atoms with Gasteiger partial charge in [0.2, 0.25) is 5.91 Å². The summed E-state index contributed by atoms with van der Waals surface area (Å²) in [5, 5.41) is 11.9. The van der Waals surface area contributed by atoms with Crippen molar-refractivity contribution in [1.82, 2.24) is 5.32 Å². The summed E-state index contributed by atoms with van der Waals surface area (Å²) in [5.41, 5.74) is 0.330. The fourth-order valence-electron chi connectivity index (χ4n) is 1.94. The Bertz CT molecular complexity index is 480. The first-order valence-corrected chi connectivity index (χ1v) is 6.13. The number of carbonyl (C=O) groups excluding carboxylic acids is 1. The van der Waals surface area contributed by atoms with Crippen molar-refractivity contribution in [2.75, 3.05) is 0 Å². The maximum absolute atomic E-state index is 12.1. The zero-order valence-electron chi connectivity index (χ0n) is 9.94. The number of aliphatic carboxylic acids is 1. The largest absolute Gasteiger partial charge is 0.480 e. The second-order valence-electron chi connectivity index (χ2n) is 4.62. The number of rotatable bonds is 4. The SMILES string of the molecule is C[C@H](NC(=O)C1(c2ccc(Cl)cc2)CC1)C(=O)O. The summed E-state index contributed by atoms with van der Waals surface area (Å²) in [7, 11) is 0. The molecule has 1 saturated carbocycles. The van der Waals surface area contributed by atoms with Crippen LogP contribution < -0.4 is 5.32 Å². The lowest BCUT2D eigenvalue weighted by Gasteiger charge is -2.17. The van der Waals surface area contributed by atoms with E-state index >= 15 is 0 Å². The molecule has 0 radical (unpaired) electrons. The molecule has 1 aliphatic carbocycles. The number of carboxylic acid groups (broad SMARTS) is 1. The van der Waals surface area contributed by atoms with Crippen LogP contribution in [0.3, 0.4) is 0 Å². The molecule has 1 aliphatic rings. The Morgan fingerprint density at radius 2 is 1.89 bits per heavy atom. The molecule has 18 heavy (non-hydrogen) atoms. The van der Waals surface area contributed by atoms with Gasteiger partial charge in [0.25, 0.3) is 0 Å². The zero-order valence-corrected chi connectivity index (χ0v) is 10.7. The fraction of sp³-hybridized carbons (Fsp3) is 0.385. The maximum atomic E-state index is 12.1.